The maximum absolute atomic E-state index is 12.7. The number of amides is 1. The van der Waals surface area contributed by atoms with Gasteiger partial charge in [0.25, 0.3) is 0 Å². The minimum absolute atomic E-state index is 0.0182. The Morgan fingerprint density at radius 2 is 1.44 bits per heavy atom. The summed E-state index contributed by atoms with van der Waals surface area (Å²) in [5.74, 6) is -2.76. The van der Waals surface area contributed by atoms with Gasteiger partial charge >= 0.3 is 18.0 Å². The lowest BCUT2D eigenvalue weighted by Gasteiger charge is -2.23. The van der Waals surface area contributed by atoms with Crippen LogP contribution in [0.15, 0.2) is 30.3 Å². The lowest BCUT2D eigenvalue weighted by atomic mass is 9.96. The van der Waals surface area contributed by atoms with E-state index in [1.807, 2.05) is 18.2 Å². The number of nitrogens with one attached hydrogen (secondary N) is 1. The van der Waals surface area contributed by atoms with E-state index in [0.717, 1.165) is 5.56 Å². The largest absolute Gasteiger partial charge is 0.461 e. The van der Waals surface area contributed by atoms with Gasteiger partial charge in [-0.25, -0.2) is 4.79 Å². The van der Waals surface area contributed by atoms with Crippen molar-refractivity contribution >= 4 is 23.8 Å². The van der Waals surface area contributed by atoms with Crippen LogP contribution in [0.4, 0.5) is 4.79 Å². The molecule has 0 aliphatic carbocycles. The molecule has 8 heteroatoms. The van der Waals surface area contributed by atoms with E-state index in [0.29, 0.717) is 0 Å². The summed E-state index contributed by atoms with van der Waals surface area (Å²) in [5.41, 5.74) is -0.665. The van der Waals surface area contributed by atoms with E-state index in [2.05, 4.69) is 5.32 Å². The van der Waals surface area contributed by atoms with E-state index >= 15 is 0 Å². The standard InChI is InChI=1S/C24H35NO7/c1-16(25-22(29)32-24(5,6)7)19(26)13-18(14-20(27)31-23(2,3)4)21(28)30-15-17-11-9-8-10-12-17/h8-12,16,18H,13-15H2,1-7H3,(H,25,29)/t16-,18-/m0/s1. The summed E-state index contributed by atoms with van der Waals surface area (Å²) in [5, 5.41) is 2.45. The van der Waals surface area contributed by atoms with Crippen LogP contribution in [-0.4, -0.2) is 41.1 Å². The van der Waals surface area contributed by atoms with Gasteiger partial charge in [-0.3, -0.25) is 14.4 Å². The molecule has 1 amide bonds. The third-order valence-electron chi connectivity index (χ3n) is 4.05. The summed E-state index contributed by atoms with van der Waals surface area (Å²) < 4.78 is 15.8. The van der Waals surface area contributed by atoms with Crippen molar-refractivity contribution < 1.29 is 33.4 Å². The van der Waals surface area contributed by atoms with E-state index < -0.39 is 47.0 Å². The van der Waals surface area contributed by atoms with Crippen molar-refractivity contribution in [3.8, 4) is 0 Å². The highest BCUT2D eigenvalue weighted by Gasteiger charge is 2.31. The lowest BCUT2D eigenvalue weighted by Crippen LogP contribution is -2.42. The molecule has 0 unspecified atom stereocenters. The minimum Gasteiger partial charge on any atom is -0.461 e. The molecule has 1 aromatic carbocycles. The summed E-state index contributed by atoms with van der Waals surface area (Å²) in [4.78, 5) is 49.6. The molecule has 0 heterocycles. The SMILES string of the molecule is C[C@H](NC(=O)OC(C)(C)C)C(=O)C[C@@H](CC(=O)OC(C)(C)C)C(=O)OCc1ccccc1. The van der Waals surface area contributed by atoms with Crippen LogP contribution in [0.5, 0.6) is 0 Å². The lowest BCUT2D eigenvalue weighted by molar-refractivity contribution is -0.162. The van der Waals surface area contributed by atoms with E-state index in [4.69, 9.17) is 14.2 Å². The Kier molecular flexibility index (Phi) is 9.87. The molecule has 0 radical (unpaired) electrons. The van der Waals surface area contributed by atoms with Crippen molar-refractivity contribution in [1.29, 1.82) is 0 Å². The highest BCUT2D eigenvalue weighted by atomic mass is 16.6. The number of esters is 2. The Morgan fingerprint density at radius 1 is 0.875 bits per heavy atom. The Labute approximate surface area is 190 Å². The van der Waals surface area contributed by atoms with Crippen LogP contribution in [0.25, 0.3) is 0 Å². The molecule has 0 bridgehead atoms. The first kappa shape index (κ1) is 27.1. The second-order valence-electron chi connectivity index (χ2n) is 9.62. The van der Waals surface area contributed by atoms with Crippen LogP contribution in [0.1, 0.15) is 66.9 Å². The van der Waals surface area contributed by atoms with E-state index in [9.17, 15) is 19.2 Å². The quantitative estimate of drug-likeness (QED) is 0.449. The summed E-state index contributed by atoms with van der Waals surface area (Å²) >= 11 is 0. The van der Waals surface area contributed by atoms with Crippen molar-refractivity contribution in [3.05, 3.63) is 35.9 Å². The zero-order valence-electron chi connectivity index (χ0n) is 20.0. The van der Waals surface area contributed by atoms with Crippen LogP contribution in [0, 0.1) is 5.92 Å². The number of Topliss-reactive ketones (excluding diaryl/α,β-unsaturated/α-hetero) is 1. The molecule has 0 spiro atoms. The Hall–Kier alpha value is -2.90. The monoisotopic (exact) mass is 449 g/mol. The number of ketones is 1. The topological polar surface area (TPSA) is 108 Å². The normalized spacial score (nSPS) is 13.5. The molecule has 2 atom stereocenters. The first-order chi connectivity index (χ1) is 14.7. The third-order valence-corrected chi connectivity index (χ3v) is 4.05. The highest BCUT2D eigenvalue weighted by Crippen LogP contribution is 2.18. The molecular formula is C24H35NO7. The van der Waals surface area contributed by atoms with Gasteiger partial charge in [0.15, 0.2) is 5.78 Å². The fourth-order valence-corrected chi connectivity index (χ4v) is 2.65. The van der Waals surface area contributed by atoms with Crippen molar-refractivity contribution in [1.82, 2.24) is 5.32 Å². The minimum atomic E-state index is -1.04. The van der Waals surface area contributed by atoms with Gasteiger partial charge in [-0.15, -0.1) is 0 Å². The summed E-state index contributed by atoms with van der Waals surface area (Å²) in [6.45, 7) is 11.8. The number of benzene rings is 1. The molecular weight excluding hydrogens is 414 g/mol. The first-order valence-electron chi connectivity index (χ1n) is 10.6. The van der Waals surface area contributed by atoms with Gasteiger partial charge in [0.05, 0.1) is 18.4 Å². The van der Waals surface area contributed by atoms with E-state index in [-0.39, 0.29) is 19.4 Å². The average molecular weight is 450 g/mol. The first-order valence-corrected chi connectivity index (χ1v) is 10.6. The molecule has 1 aromatic rings. The van der Waals surface area contributed by atoms with Crippen LogP contribution >= 0.6 is 0 Å². The van der Waals surface area contributed by atoms with Crippen LogP contribution in [-0.2, 0) is 35.2 Å². The van der Waals surface area contributed by atoms with Gasteiger partial charge in [0, 0.05) is 6.42 Å². The molecule has 8 nitrogen and oxygen atoms in total. The van der Waals surface area contributed by atoms with Crippen LogP contribution in [0.3, 0.4) is 0 Å². The predicted molar refractivity (Wildman–Crippen MR) is 119 cm³/mol. The number of hydrogen-bond donors (Lipinski definition) is 1. The highest BCUT2D eigenvalue weighted by molar-refractivity contribution is 5.91. The van der Waals surface area contributed by atoms with Crippen molar-refractivity contribution in [3.63, 3.8) is 0 Å². The van der Waals surface area contributed by atoms with Crippen LogP contribution < -0.4 is 5.32 Å². The Bertz CT molecular complexity index is 791. The molecule has 0 aliphatic rings. The van der Waals surface area contributed by atoms with Crippen LogP contribution in [0.2, 0.25) is 0 Å². The number of ether oxygens (including phenoxy) is 3. The maximum atomic E-state index is 12.7. The van der Waals surface area contributed by atoms with E-state index in [1.165, 1.54) is 6.92 Å². The zero-order chi connectivity index (χ0) is 24.5. The van der Waals surface area contributed by atoms with Gasteiger partial charge in [-0.1, -0.05) is 30.3 Å². The molecule has 0 fully saturated rings. The Morgan fingerprint density at radius 3 is 1.97 bits per heavy atom. The fourth-order valence-electron chi connectivity index (χ4n) is 2.65. The zero-order valence-corrected chi connectivity index (χ0v) is 20.0. The Balaban J connectivity index is 2.81. The number of carbonyl (C=O) groups excluding carboxylic acids is 4. The average Bonchev–Trinajstić information content (AvgIpc) is 2.63. The molecule has 0 saturated carbocycles. The molecule has 1 rings (SSSR count). The second kappa shape index (κ2) is 11.6. The molecule has 0 aromatic heterocycles. The summed E-state index contributed by atoms with van der Waals surface area (Å²) in [6.07, 6.45) is -1.34. The molecule has 32 heavy (non-hydrogen) atoms. The van der Waals surface area contributed by atoms with Gasteiger partial charge in [-0.2, -0.15) is 0 Å². The number of rotatable bonds is 9. The number of alkyl carbamates (subject to hydrolysis) is 1. The second-order valence-corrected chi connectivity index (χ2v) is 9.62. The van der Waals surface area contributed by atoms with Gasteiger partial charge in [0.2, 0.25) is 0 Å². The van der Waals surface area contributed by atoms with E-state index in [1.54, 1.807) is 53.7 Å². The van der Waals surface area contributed by atoms with Crippen molar-refractivity contribution in [2.45, 2.75) is 85.2 Å². The molecule has 1 N–H and O–H groups in total. The number of hydrogen-bond acceptors (Lipinski definition) is 7. The predicted octanol–water partition coefficient (Wildman–Crippen LogP) is 3.95. The molecule has 0 saturated heterocycles. The smallest absolute Gasteiger partial charge is 0.408 e. The summed E-state index contributed by atoms with van der Waals surface area (Å²) in [6, 6.07) is 8.16. The third kappa shape index (κ3) is 11.5. The molecule has 0 aliphatic heterocycles. The van der Waals surface area contributed by atoms with Crippen molar-refractivity contribution in [2.24, 2.45) is 5.92 Å². The van der Waals surface area contributed by atoms with Gasteiger partial charge < -0.3 is 19.5 Å². The fraction of sp³-hybridized carbons (Fsp3) is 0.583. The summed E-state index contributed by atoms with van der Waals surface area (Å²) in [7, 11) is 0. The van der Waals surface area contributed by atoms with Crippen molar-refractivity contribution in [2.75, 3.05) is 0 Å². The maximum Gasteiger partial charge on any atom is 0.408 e. The number of carbonyl (C=O) groups is 4. The van der Waals surface area contributed by atoms with Gasteiger partial charge in [-0.05, 0) is 54.0 Å². The molecule has 178 valence electrons. The van der Waals surface area contributed by atoms with Gasteiger partial charge in [0.1, 0.15) is 17.8 Å².